The van der Waals surface area contributed by atoms with E-state index in [1.54, 1.807) is 37.3 Å². The van der Waals surface area contributed by atoms with Crippen molar-refractivity contribution in [1.29, 1.82) is 0 Å². The molecule has 156 valence electrons. The molecule has 0 saturated heterocycles. The van der Waals surface area contributed by atoms with Gasteiger partial charge in [-0.2, -0.15) is 0 Å². The van der Waals surface area contributed by atoms with Gasteiger partial charge in [0.25, 0.3) is 15.9 Å². The standard InChI is InChI=1S/C22H21FN2O4S/c1-3-25(19-11-7-17(23)8-12-19)22(26)16-5-4-6-21(15-16)30(27,28)24-18-9-13-20(29-2)14-10-18/h4-15,24H,3H2,1-2H3. The van der Waals surface area contributed by atoms with Crippen molar-refractivity contribution in [2.24, 2.45) is 0 Å². The molecule has 0 aliphatic rings. The van der Waals surface area contributed by atoms with E-state index in [4.69, 9.17) is 4.74 Å². The van der Waals surface area contributed by atoms with Gasteiger partial charge in [-0.3, -0.25) is 9.52 Å². The number of rotatable bonds is 7. The Kier molecular flexibility index (Phi) is 6.37. The van der Waals surface area contributed by atoms with E-state index in [1.807, 2.05) is 0 Å². The van der Waals surface area contributed by atoms with Crippen molar-refractivity contribution in [3.63, 3.8) is 0 Å². The van der Waals surface area contributed by atoms with Gasteiger partial charge in [-0.1, -0.05) is 6.07 Å². The summed E-state index contributed by atoms with van der Waals surface area (Å²) in [5.41, 5.74) is 1.10. The first-order valence-electron chi connectivity index (χ1n) is 9.18. The third kappa shape index (κ3) is 4.77. The second-order valence-corrected chi connectivity index (χ2v) is 8.07. The van der Waals surface area contributed by atoms with Crippen LogP contribution in [0, 0.1) is 5.82 Å². The van der Waals surface area contributed by atoms with E-state index in [-0.39, 0.29) is 16.4 Å². The van der Waals surface area contributed by atoms with Gasteiger partial charge in [0.1, 0.15) is 11.6 Å². The van der Waals surface area contributed by atoms with Crippen LogP contribution in [0.3, 0.4) is 0 Å². The van der Waals surface area contributed by atoms with Gasteiger partial charge >= 0.3 is 0 Å². The molecule has 1 amide bonds. The lowest BCUT2D eigenvalue weighted by Crippen LogP contribution is -2.30. The number of carbonyl (C=O) groups excluding carboxylic acids is 1. The number of ether oxygens (including phenoxy) is 1. The average Bonchev–Trinajstić information content (AvgIpc) is 2.76. The molecule has 0 atom stereocenters. The summed E-state index contributed by atoms with van der Waals surface area (Å²) in [7, 11) is -2.38. The quantitative estimate of drug-likeness (QED) is 0.609. The maximum Gasteiger partial charge on any atom is 0.261 e. The van der Waals surface area contributed by atoms with Crippen LogP contribution in [0.4, 0.5) is 15.8 Å². The highest BCUT2D eigenvalue weighted by atomic mass is 32.2. The highest BCUT2D eigenvalue weighted by Crippen LogP contribution is 2.22. The van der Waals surface area contributed by atoms with E-state index in [0.717, 1.165) is 0 Å². The first kappa shape index (κ1) is 21.3. The van der Waals surface area contributed by atoms with Crippen LogP contribution in [-0.2, 0) is 10.0 Å². The monoisotopic (exact) mass is 428 g/mol. The first-order valence-corrected chi connectivity index (χ1v) is 10.7. The van der Waals surface area contributed by atoms with Crippen LogP contribution < -0.4 is 14.4 Å². The first-order chi connectivity index (χ1) is 14.3. The fourth-order valence-electron chi connectivity index (χ4n) is 2.89. The molecule has 8 heteroatoms. The Morgan fingerprint density at radius 1 is 1.03 bits per heavy atom. The molecule has 0 spiro atoms. The number of hydrogen-bond donors (Lipinski definition) is 1. The minimum absolute atomic E-state index is 0.0423. The molecule has 0 radical (unpaired) electrons. The Bertz CT molecular complexity index is 1130. The van der Waals surface area contributed by atoms with E-state index in [1.165, 1.54) is 54.5 Å². The zero-order valence-electron chi connectivity index (χ0n) is 16.5. The van der Waals surface area contributed by atoms with Gasteiger partial charge in [0.2, 0.25) is 0 Å². The van der Waals surface area contributed by atoms with Gasteiger partial charge in [-0.25, -0.2) is 12.8 Å². The lowest BCUT2D eigenvalue weighted by molar-refractivity contribution is 0.0988. The highest BCUT2D eigenvalue weighted by Gasteiger charge is 2.20. The number of amides is 1. The lowest BCUT2D eigenvalue weighted by Gasteiger charge is -2.21. The molecule has 0 fully saturated rings. The van der Waals surface area contributed by atoms with Crippen molar-refractivity contribution in [3.8, 4) is 5.75 Å². The van der Waals surface area contributed by atoms with Gasteiger partial charge in [0.15, 0.2) is 0 Å². The minimum Gasteiger partial charge on any atom is -0.497 e. The zero-order valence-corrected chi connectivity index (χ0v) is 17.3. The Labute approximate surface area is 175 Å². The highest BCUT2D eigenvalue weighted by molar-refractivity contribution is 7.92. The molecule has 0 bridgehead atoms. The SMILES string of the molecule is CCN(C(=O)c1cccc(S(=O)(=O)Nc2ccc(OC)cc2)c1)c1ccc(F)cc1. The third-order valence-corrected chi connectivity index (χ3v) is 5.81. The second-order valence-electron chi connectivity index (χ2n) is 6.39. The van der Waals surface area contributed by atoms with E-state index < -0.39 is 15.8 Å². The molecule has 0 saturated carbocycles. The number of anilines is 2. The van der Waals surface area contributed by atoms with Gasteiger partial charge < -0.3 is 9.64 Å². The molecular weight excluding hydrogens is 407 g/mol. The third-order valence-electron chi connectivity index (χ3n) is 4.43. The molecule has 3 aromatic carbocycles. The minimum atomic E-state index is -3.90. The van der Waals surface area contributed by atoms with Crippen LogP contribution in [-0.4, -0.2) is 28.0 Å². The number of nitrogens with zero attached hydrogens (tertiary/aromatic N) is 1. The van der Waals surface area contributed by atoms with Crippen LogP contribution in [0.1, 0.15) is 17.3 Å². The summed E-state index contributed by atoms with van der Waals surface area (Å²) in [6, 6.07) is 17.8. The fourth-order valence-corrected chi connectivity index (χ4v) is 3.99. The number of nitrogens with one attached hydrogen (secondary N) is 1. The van der Waals surface area contributed by atoms with E-state index >= 15 is 0 Å². The van der Waals surface area contributed by atoms with Gasteiger partial charge in [0, 0.05) is 23.5 Å². The van der Waals surface area contributed by atoms with Crippen molar-refractivity contribution >= 4 is 27.3 Å². The number of carbonyl (C=O) groups is 1. The largest absolute Gasteiger partial charge is 0.497 e. The van der Waals surface area contributed by atoms with Crippen molar-refractivity contribution in [1.82, 2.24) is 0 Å². The van der Waals surface area contributed by atoms with E-state index in [0.29, 0.717) is 23.7 Å². The Hall–Kier alpha value is -3.39. The average molecular weight is 428 g/mol. The summed E-state index contributed by atoms with van der Waals surface area (Å²) in [6.45, 7) is 2.12. The molecule has 30 heavy (non-hydrogen) atoms. The molecule has 0 aromatic heterocycles. The van der Waals surface area contributed by atoms with Crippen LogP contribution in [0.5, 0.6) is 5.75 Å². The zero-order chi connectivity index (χ0) is 21.7. The number of benzene rings is 3. The Morgan fingerprint density at radius 2 is 1.70 bits per heavy atom. The summed E-state index contributed by atoms with van der Waals surface area (Å²) in [5.74, 6) is -0.184. The van der Waals surface area contributed by atoms with E-state index in [2.05, 4.69) is 4.72 Å². The number of halogens is 1. The Morgan fingerprint density at radius 3 is 2.30 bits per heavy atom. The molecule has 0 aliphatic carbocycles. The number of sulfonamides is 1. The van der Waals surface area contributed by atoms with Crippen LogP contribution in [0.15, 0.2) is 77.7 Å². The number of methoxy groups -OCH3 is 1. The molecule has 0 unspecified atom stereocenters. The molecule has 3 aromatic rings. The lowest BCUT2D eigenvalue weighted by atomic mass is 10.2. The molecular formula is C22H21FN2O4S. The summed E-state index contributed by atoms with van der Waals surface area (Å²) in [6.07, 6.45) is 0. The maximum absolute atomic E-state index is 13.2. The molecule has 0 heterocycles. The summed E-state index contributed by atoms with van der Waals surface area (Å²) >= 11 is 0. The summed E-state index contributed by atoms with van der Waals surface area (Å²) in [5, 5.41) is 0. The Balaban J connectivity index is 1.86. The van der Waals surface area contributed by atoms with E-state index in [9.17, 15) is 17.6 Å². The smallest absolute Gasteiger partial charge is 0.261 e. The molecule has 1 N–H and O–H groups in total. The van der Waals surface area contributed by atoms with Crippen LogP contribution in [0.2, 0.25) is 0 Å². The van der Waals surface area contributed by atoms with Crippen LogP contribution in [0.25, 0.3) is 0 Å². The van der Waals surface area contributed by atoms with Crippen LogP contribution >= 0.6 is 0 Å². The predicted molar refractivity (Wildman–Crippen MR) is 114 cm³/mol. The molecule has 0 aliphatic heterocycles. The summed E-state index contributed by atoms with van der Waals surface area (Å²) in [4.78, 5) is 14.4. The topological polar surface area (TPSA) is 75.7 Å². The molecule has 6 nitrogen and oxygen atoms in total. The van der Waals surface area contributed by atoms with Crippen molar-refractivity contribution in [2.75, 3.05) is 23.3 Å². The number of hydrogen-bond acceptors (Lipinski definition) is 4. The van der Waals surface area contributed by atoms with Crippen molar-refractivity contribution < 1.29 is 22.3 Å². The normalized spacial score (nSPS) is 11.0. The summed E-state index contributed by atoms with van der Waals surface area (Å²) < 4.78 is 46.3. The maximum atomic E-state index is 13.2. The van der Waals surface area contributed by atoms with Crippen molar-refractivity contribution in [3.05, 3.63) is 84.2 Å². The fraction of sp³-hybridized carbons (Fsp3) is 0.136. The van der Waals surface area contributed by atoms with Gasteiger partial charge in [0.05, 0.1) is 12.0 Å². The van der Waals surface area contributed by atoms with Gasteiger partial charge in [-0.05, 0) is 73.7 Å². The second kappa shape index (κ2) is 8.96. The predicted octanol–water partition coefficient (Wildman–Crippen LogP) is 4.30. The van der Waals surface area contributed by atoms with Crippen molar-refractivity contribution in [2.45, 2.75) is 11.8 Å². The molecule has 3 rings (SSSR count). The van der Waals surface area contributed by atoms with Gasteiger partial charge in [-0.15, -0.1) is 0 Å².